The van der Waals surface area contributed by atoms with Crippen LogP contribution in [0.1, 0.15) is 12.8 Å². The highest BCUT2D eigenvalue weighted by atomic mass is 35.5. The lowest BCUT2D eigenvalue weighted by molar-refractivity contribution is -0.119. The summed E-state index contributed by atoms with van der Waals surface area (Å²) in [4.78, 5) is 22.4. The fourth-order valence-electron chi connectivity index (χ4n) is 5.63. The highest BCUT2D eigenvalue weighted by molar-refractivity contribution is 7.99. The maximum Gasteiger partial charge on any atom is 0.232 e. The van der Waals surface area contributed by atoms with Crippen molar-refractivity contribution in [2.45, 2.75) is 17.9 Å². The second-order valence-corrected chi connectivity index (χ2v) is 12.5. The Hall–Kier alpha value is -2.83. The number of fused-ring (bicyclic) bond motifs is 1. The topological polar surface area (TPSA) is 107 Å². The molecule has 1 amide bonds. The largest absolute Gasteiger partial charge is 0.396 e. The van der Waals surface area contributed by atoms with Gasteiger partial charge in [-0.25, -0.2) is 9.37 Å². The van der Waals surface area contributed by atoms with Crippen molar-refractivity contribution in [2.24, 2.45) is 10.8 Å². The number of aliphatic hydroxyl groups excluding tert-OH is 1. The Balaban J connectivity index is 1.16. The van der Waals surface area contributed by atoms with Crippen LogP contribution in [-0.2, 0) is 4.79 Å². The molecule has 3 aliphatic rings. The van der Waals surface area contributed by atoms with Crippen molar-refractivity contribution in [1.29, 1.82) is 0 Å². The Kier molecular flexibility index (Phi) is 7.43. The highest BCUT2D eigenvalue weighted by Crippen LogP contribution is 2.86. The molecule has 3 fully saturated rings. The number of anilines is 3. The van der Waals surface area contributed by atoms with Crippen LogP contribution in [0.5, 0.6) is 0 Å². The van der Waals surface area contributed by atoms with Crippen molar-refractivity contribution in [2.75, 3.05) is 62.8 Å². The molecular weight excluding hydrogens is 553 g/mol. The van der Waals surface area contributed by atoms with Gasteiger partial charge in [-0.15, -0.1) is 22.0 Å². The summed E-state index contributed by atoms with van der Waals surface area (Å²) in [5.41, 5.74) is 1.67. The predicted octanol–water partition coefficient (Wildman–Crippen LogP) is 4.13. The number of hydrogen-bond donors (Lipinski definition) is 3. The third kappa shape index (κ3) is 5.40. The van der Waals surface area contributed by atoms with Gasteiger partial charge in [0.2, 0.25) is 5.91 Å². The van der Waals surface area contributed by atoms with Gasteiger partial charge in [-0.3, -0.25) is 4.79 Å². The average Bonchev–Trinajstić information content (AvgIpc) is 3.78. The van der Waals surface area contributed by atoms with Crippen molar-refractivity contribution < 1.29 is 14.3 Å². The molecule has 0 spiro atoms. The monoisotopic (exact) mass is 583 g/mol. The highest BCUT2D eigenvalue weighted by Gasteiger charge is 2.86. The summed E-state index contributed by atoms with van der Waals surface area (Å²) in [6.07, 6.45) is 3.50. The fraction of sp³-hybridized carbons (Fsp3) is 0.429. The maximum absolute atomic E-state index is 14.5. The molecule has 1 aliphatic heterocycles. The molecule has 1 aromatic carbocycles. The Morgan fingerprint density at radius 1 is 1.15 bits per heavy atom. The Labute approximate surface area is 241 Å². The van der Waals surface area contributed by atoms with Crippen LogP contribution in [-0.4, -0.2) is 88.1 Å². The standard InChI is InChI=1S/C28H31ClFN7O2S/c1-36-6-8-37(9-7-36)17-27-15-28(27,16-27)26(39)33-24-13-19(4-5-31-24)32-23-14-22(34-35-25(23)40-11-10-38)20-12-18(29)2-3-21(20)30/h2-5,12-14,38H,6-11,15-17H2,1H3,(H2,31,32,33,34,39). The number of nitrogens with zero attached hydrogens (tertiary/aromatic N) is 5. The summed E-state index contributed by atoms with van der Waals surface area (Å²) >= 11 is 7.41. The summed E-state index contributed by atoms with van der Waals surface area (Å²) in [6, 6.07) is 9.51. The number of likely N-dealkylation sites (N-methyl/N-ethyl adjacent to an activating group) is 1. The number of halogens is 2. The molecule has 3 aromatic rings. The number of hydrogen-bond acceptors (Lipinski definition) is 9. The minimum atomic E-state index is -0.461. The van der Waals surface area contributed by atoms with Crippen molar-refractivity contribution in [3.05, 3.63) is 53.4 Å². The molecule has 2 aliphatic carbocycles. The molecule has 2 saturated carbocycles. The van der Waals surface area contributed by atoms with Crippen LogP contribution < -0.4 is 10.6 Å². The zero-order chi connectivity index (χ0) is 27.9. The lowest BCUT2D eigenvalue weighted by Gasteiger charge is -2.33. The third-order valence-corrected chi connectivity index (χ3v) is 9.37. The first-order chi connectivity index (χ1) is 19.3. The number of rotatable bonds is 10. The van der Waals surface area contributed by atoms with Gasteiger partial charge in [-0.2, -0.15) is 0 Å². The number of aromatic nitrogens is 3. The van der Waals surface area contributed by atoms with E-state index in [0.29, 0.717) is 38.7 Å². The number of benzene rings is 1. The molecule has 6 rings (SSSR count). The molecular formula is C28H31ClFN7O2S. The van der Waals surface area contributed by atoms with Gasteiger partial charge in [0.25, 0.3) is 0 Å². The van der Waals surface area contributed by atoms with Crippen LogP contribution in [0.15, 0.2) is 47.6 Å². The zero-order valence-electron chi connectivity index (χ0n) is 22.2. The fourth-order valence-corrected chi connectivity index (χ4v) is 6.45. The Morgan fingerprint density at radius 2 is 1.95 bits per heavy atom. The van der Waals surface area contributed by atoms with Gasteiger partial charge >= 0.3 is 0 Å². The van der Waals surface area contributed by atoms with Gasteiger partial charge in [0.05, 0.1) is 23.4 Å². The lowest BCUT2D eigenvalue weighted by atomic mass is 10.1. The summed E-state index contributed by atoms with van der Waals surface area (Å²) in [6.45, 7) is 5.21. The maximum atomic E-state index is 14.5. The number of carbonyl (C=O) groups excluding carboxylic acids is 1. The molecule has 0 atom stereocenters. The van der Waals surface area contributed by atoms with E-state index in [2.05, 4.69) is 42.7 Å². The van der Waals surface area contributed by atoms with Crippen molar-refractivity contribution >= 4 is 46.5 Å². The number of nitrogens with one attached hydrogen (secondary N) is 2. The van der Waals surface area contributed by atoms with Crippen molar-refractivity contribution in [3.63, 3.8) is 0 Å². The van der Waals surface area contributed by atoms with E-state index in [-0.39, 0.29) is 28.9 Å². The predicted molar refractivity (Wildman–Crippen MR) is 154 cm³/mol. The van der Waals surface area contributed by atoms with Crippen LogP contribution in [0.3, 0.4) is 0 Å². The van der Waals surface area contributed by atoms with Crippen LogP contribution in [0.4, 0.5) is 21.6 Å². The van der Waals surface area contributed by atoms with Crippen LogP contribution >= 0.6 is 23.4 Å². The van der Waals surface area contributed by atoms with Crippen molar-refractivity contribution in [3.8, 4) is 11.3 Å². The Bertz CT molecular complexity index is 1430. The number of amides is 1. The molecule has 9 nitrogen and oxygen atoms in total. The number of piperazine rings is 1. The smallest absolute Gasteiger partial charge is 0.232 e. The van der Waals surface area contributed by atoms with Crippen LogP contribution in [0.2, 0.25) is 5.02 Å². The molecule has 2 aromatic heterocycles. The summed E-state index contributed by atoms with van der Waals surface area (Å²) in [7, 11) is 2.15. The van der Waals surface area contributed by atoms with E-state index in [9.17, 15) is 14.3 Å². The lowest BCUT2D eigenvalue weighted by Crippen LogP contribution is -2.45. The summed E-state index contributed by atoms with van der Waals surface area (Å²) in [5, 5.41) is 25.1. The molecule has 3 N–H and O–H groups in total. The van der Waals surface area contributed by atoms with E-state index >= 15 is 0 Å². The van der Waals surface area contributed by atoms with Gasteiger partial charge in [-0.1, -0.05) is 11.6 Å². The zero-order valence-corrected chi connectivity index (χ0v) is 23.7. The van der Waals surface area contributed by atoms with Gasteiger partial charge < -0.3 is 25.5 Å². The van der Waals surface area contributed by atoms with E-state index in [1.807, 2.05) is 0 Å². The number of aliphatic hydroxyl groups is 1. The molecule has 0 bridgehead atoms. The van der Waals surface area contributed by atoms with Crippen molar-refractivity contribution in [1.82, 2.24) is 25.0 Å². The van der Waals surface area contributed by atoms with Gasteiger partial charge in [0, 0.05) is 67.0 Å². The molecule has 1 saturated heterocycles. The van der Waals surface area contributed by atoms with E-state index in [4.69, 9.17) is 11.6 Å². The van der Waals surface area contributed by atoms with E-state index < -0.39 is 5.82 Å². The SMILES string of the molecule is CN1CCN(CC23CC2(C(=O)Nc2cc(Nc4cc(-c5cc(Cl)ccc5F)nnc4SCCO)ccn2)C3)CC1. The number of carbonyl (C=O) groups is 1. The summed E-state index contributed by atoms with van der Waals surface area (Å²) in [5.74, 6) is 0.459. The normalized spacial score (nSPS) is 23.9. The van der Waals surface area contributed by atoms with E-state index in [1.54, 1.807) is 24.4 Å². The Morgan fingerprint density at radius 3 is 2.73 bits per heavy atom. The first-order valence-corrected chi connectivity index (χ1v) is 14.7. The average molecular weight is 584 g/mol. The van der Waals surface area contributed by atoms with Gasteiger partial charge in [0.1, 0.15) is 16.7 Å². The van der Waals surface area contributed by atoms with E-state index in [1.165, 1.54) is 30.0 Å². The third-order valence-electron chi connectivity index (χ3n) is 8.18. The quantitative estimate of drug-likeness (QED) is 0.304. The number of thioether (sulfide) groups is 1. The molecule has 12 heteroatoms. The van der Waals surface area contributed by atoms with Crippen LogP contribution in [0, 0.1) is 16.6 Å². The van der Waals surface area contributed by atoms with Gasteiger partial charge in [-0.05, 0) is 55.6 Å². The first kappa shape index (κ1) is 27.3. The molecule has 3 heterocycles. The molecule has 0 unspecified atom stereocenters. The molecule has 40 heavy (non-hydrogen) atoms. The number of pyridine rings is 1. The minimum Gasteiger partial charge on any atom is -0.396 e. The molecule has 210 valence electrons. The summed E-state index contributed by atoms with van der Waals surface area (Å²) < 4.78 is 14.5. The first-order valence-electron chi connectivity index (χ1n) is 13.3. The second kappa shape index (κ2) is 10.9. The van der Waals surface area contributed by atoms with E-state index in [0.717, 1.165) is 45.6 Å². The minimum absolute atomic E-state index is 0.0278. The van der Waals surface area contributed by atoms with Gasteiger partial charge in [0.15, 0.2) is 0 Å². The van der Waals surface area contributed by atoms with Crippen LogP contribution in [0.25, 0.3) is 11.3 Å². The molecule has 0 radical (unpaired) electrons. The second-order valence-electron chi connectivity index (χ2n) is 10.9.